The van der Waals surface area contributed by atoms with Crippen LogP contribution in [0.15, 0.2) is 64.0 Å². The highest BCUT2D eigenvalue weighted by atomic mass is 32.2. The highest BCUT2D eigenvalue weighted by molar-refractivity contribution is 7.92. The number of hydrogen-bond donors (Lipinski definition) is 2. The van der Waals surface area contributed by atoms with Crippen molar-refractivity contribution in [1.82, 2.24) is 5.16 Å². The average molecular weight is 442 g/mol. The molecule has 2 aromatic carbocycles. The lowest BCUT2D eigenvalue weighted by Gasteiger charge is -2.07. The second kappa shape index (κ2) is 9.48. The molecule has 2 N–H and O–H groups in total. The molecule has 3 rings (SSSR count). The number of nitrogens with one attached hydrogen (secondary N) is 2. The predicted molar refractivity (Wildman–Crippen MR) is 119 cm³/mol. The highest BCUT2D eigenvalue weighted by Gasteiger charge is 2.19. The van der Waals surface area contributed by atoms with E-state index in [9.17, 15) is 13.2 Å². The lowest BCUT2D eigenvalue weighted by molar-refractivity contribution is -0.111. The Morgan fingerprint density at radius 2 is 1.77 bits per heavy atom. The number of carbonyl (C=O) groups excluding carboxylic acids is 1. The van der Waals surface area contributed by atoms with Gasteiger partial charge in [0, 0.05) is 17.3 Å². The minimum atomic E-state index is -3.84. The molecule has 1 amide bonds. The van der Waals surface area contributed by atoms with Crippen LogP contribution in [0.2, 0.25) is 0 Å². The quantitative estimate of drug-likeness (QED) is 0.508. The predicted octanol–water partition coefficient (Wildman–Crippen LogP) is 4.14. The van der Waals surface area contributed by atoms with Crippen LogP contribution in [-0.2, 0) is 14.8 Å². The van der Waals surface area contributed by atoms with Gasteiger partial charge in [-0.2, -0.15) is 0 Å². The molecular weight excluding hydrogens is 418 g/mol. The molecule has 0 saturated carbocycles. The van der Waals surface area contributed by atoms with Gasteiger partial charge in [-0.15, -0.1) is 0 Å². The van der Waals surface area contributed by atoms with Gasteiger partial charge >= 0.3 is 0 Å². The van der Waals surface area contributed by atoms with Crippen molar-refractivity contribution in [3.63, 3.8) is 0 Å². The van der Waals surface area contributed by atoms with E-state index < -0.39 is 10.0 Å². The molecule has 0 fully saturated rings. The zero-order valence-electron chi connectivity index (χ0n) is 17.4. The van der Waals surface area contributed by atoms with Crippen molar-refractivity contribution in [3.8, 4) is 5.75 Å². The number of aromatic nitrogens is 1. The van der Waals surface area contributed by atoms with Gasteiger partial charge in [0.2, 0.25) is 11.8 Å². The van der Waals surface area contributed by atoms with E-state index in [1.165, 1.54) is 30.3 Å². The number of benzene rings is 2. The number of nitrogens with zero attached hydrogens (tertiary/aromatic N) is 1. The number of anilines is 2. The molecule has 9 heteroatoms. The summed E-state index contributed by atoms with van der Waals surface area (Å²) in [5.74, 6) is 0.506. The van der Waals surface area contributed by atoms with Crippen LogP contribution in [-0.4, -0.2) is 26.1 Å². The molecule has 0 aliphatic carbocycles. The zero-order chi connectivity index (χ0) is 22.4. The second-order valence-electron chi connectivity index (χ2n) is 6.68. The molecule has 3 aromatic rings. The Kier molecular flexibility index (Phi) is 6.76. The molecule has 0 atom stereocenters. The zero-order valence-corrected chi connectivity index (χ0v) is 18.2. The number of ether oxygens (including phenoxy) is 1. The molecule has 1 heterocycles. The van der Waals surface area contributed by atoms with Gasteiger partial charge in [-0.1, -0.05) is 17.3 Å². The average Bonchev–Trinajstić information content (AvgIpc) is 3.05. The maximum absolute atomic E-state index is 12.5. The number of hydrogen-bond acceptors (Lipinski definition) is 6. The topological polar surface area (TPSA) is 111 Å². The van der Waals surface area contributed by atoms with Gasteiger partial charge in [-0.3, -0.25) is 4.79 Å². The van der Waals surface area contributed by atoms with Crippen LogP contribution >= 0.6 is 0 Å². The van der Waals surface area contributed by atoms with E-state index in [0.29, 0.717) is 23.6 Å². The molecule has 0 radical (unpaired) electrons. The summed E-state index contributed by atoms with van der Waals surface area (Å²) in [6, 6.07) is 13.2. The Morgan fingerprint density at radius 3 is 2.35 bits per heavy atom. The fraction of sp³-hybridized carbons (Fsp3) is 0.182. The Balaban J connectivity index is 1.61. The van der Waals surface area contributed by atoms with Crippen molar-refractivity contribution >= 4 is 33.6 Å². The molecule has 0 spiro atoms. The van der Waals surface area contributed by atoms with Crippen molar-refractivity contribution < 1.29 is 22.5 Å². The van der Waals surface area contributed by atoms with Gasteiger partial charge in [0.15, 0.2) is 0 Å². The lowest BCUT2D eigenvalue weighted by Crippen LogP contribution is -2.13. The maximum Gasteiger partial charge on any atom is 0.264 e. The lowest BCUT2D eigenvalue weighted by atomic mass is 10.2. The molecule has 8 nitrogen and oxygen atoms in total. The fourth-order valence-electron chi connectivity index (χ4n) is 2.61. The van der Waals surface area contributed by atoms with E-state index in [-0.39, 0.29) is 16.7 Å². The summed E-state index contributed by atoms with van der Waals surface area (Å²) in [4.78, 5) is 12.2. The minimum Gasteiger partial charge on any atom is -0.494 e. The van der Waals surface area contributed by atoms with Gasteiger partial charge in [0.1, 0.15) is 5.75 Å². The van der Waals surface area contributed by atoms with Crippen LogP contribution in [0.4, 0.5) is 11.6 Å². The molecule has 0 aliphatic rings. The smallest absolute Gasteiger partial charge is 0.264 e. The molecule has 0 unspecified atom stereocenters. The van der Waals surface area contributed by atoms with Crippen molar-refractivity contribution in [2.24, 2.45) is 0 Å². The number of rotatable bonds is 8. The van der Waals surface area contributed by atoms with E-state index in [1.54, 1.807) is 19.9 Å². The molecule has 1 aromatic heterocycles. The second-order valence-corrected chi connectivity index (χ2v) is 8.36. The van der Waals surface area contributed by atoms with E-state index in [2.05, 4.69) is 15.2 Å². The van der Waals surface area contributed by atoms with E-state index in [1.807, 2.05) is 31.2 Å². The highest BCUT2D eigenvalue weighted by Crippen LogP contribution is 2.22. The monoisotopic (exact) mass is 441 g/mol. The first-order chi connectivity index (χ1) is 14.8. The summed E-state index contributed by atoms with van der Waals surface area (Å²) in [6.45, 7) is 5.93. The summed E-state index contributed by atoms with van der Waals surface area (Å²) in [6.07, 6.45) is 3.08. The third-order valence-electron chi connectivity index (χ3n) is 4.43. The van der Waals surface area contributed by atoms with Gasteiger partial charge < -0.3 is 14.6 Å². The molecular formula is C22H23N3O5S. The van der Waals surface area contributed by atoms with E-state index in [4.69, 9.17) is 9.26 Å². The minimum absolute atomic E-state index is 0.0314. The Labute approximate surface area is 181 Å². The van der Waals surface area contributed by atoms with Crippen molar-refractivity contribution in [2.45, 2.75) is 25.7 Å². The van der Waals surface area contributed by atoms with Gasteiger partial charge in [0.25, 0.3) is 10.0 Å². The first-order valence-corrected chi connectivity index (χ1v) is 11.0. The fourth-order valence-corrected chi connectivity index (χ4v) is 3.65. The van der Waals surface area contributed by atoms with E-state index in [0.717, 1.165) is 11.3 Å². The maximum atomic E-state index is 12.5. The summed E-state index contributed by atoms with van der Waals surface area (Å²) in [5, 5.41) is 6.42. The van der Waals surface area contributed by atoms with Crippen LogP contribution in [0.3, 0.4) is 0 Å². The van der Waals surface area contributed by atoms with Crippen molar-refractivity contribution in [2.75, 3.05) is 16.6 Å². The number of carbonyl (C=O) groups is 1. The van der Waals surface area contributed by atoms with Gasteiger partial charge in [-0.25, -0.2) is 13.1 Å². The van der Waals surface area contributed by atoms with Crippen molar-refractivity contribution in [1.29, 1.82) is 0 Å². The van der Waals surface area contributed by atoms with Gasteiger partial charge in [-0.05, 0) is 68.8 Å². The van der Waals surface area contributed by atoms with Crippen LogP contribution in [0.1, 0.15) is 23.7 Å². The SMILES string of the molecule is CCOc1ccc(/C=C/C(=O)Nc2ccc(S(=O)(=O)Nc3onc(C)c3C)cc2)cc1. The molecule has 31 heavy (non-hydrogen) atoms. The molecule has 0 bridgehead atoms. The van der Waals surface area contributed by atoms with Gasteiger partial charge in [0.05, 0.1) is 17.2 Å². The normalized spacial score (nSPS) is 11.5. The summed E-state index contributed by atoms with van der Waals surface area (Å²) in [5.41, 5.74) is 2.54. The van der Waals surface area contributed by atoms with Crippen molar-refractivity contribution in [3.05, 3.63) is 71.4 Å². The first-order valence-electron chi connectivity index (χ1n) is 9.56. The Morgan fingerprint density at radius 1 is 1.10 bits per heavy atom. The standard InChI is InChI=1S/C22H23N3O5S/c1-4-29-19-10-5-17(6-11-19)7-14-21(26)23-18-8-12-20(13-9-18)31(27,28)25-22-15(2)16(3)24-30-22/h5-14,25H,4H2,1-3H3,(H,23,26)/b14-7+. The number of aryl methyl sites for hydroxylation is 1. The summed E-state index contributed by atoms with van der Waals surface area (Å²) < 4.78 is 37.8. The third kappa shape index (κ3) is 5.73. The number of amides is 1. The third-order valence-corrected chi connectivity index (χ3v) is 5.78. The largest absolute Gasteiger partial charge is 0.494 e. The van der Waals surface area contributed by atoms with E-state index >= 15 is 0 Å². The molecule has 0 aliphatic heterocycles. The van der Waals surface area contributed by atoms with Crippen LogP contribution in [0.5, 0.6) is 5.75 Å². The van der Waals surface area contributed by atoms with Crippen LogP contribution in [0.25, 0.3) is 6.08 Å². The molecule has 162 valence electrons. The Bertz CT molecular complexity index is 1180. The summed E-state index contributed by atoms with van der Waals surface area (Å²) >= 11 is 0. The number of sulfonamides is 1. The summed E-state index contributed by atoms with van der Waals surface area (Å²) in [7, 11) is -3.84. The van der Waals surface area contributed by atoms with Crippen LogP contribution < -0.4 is 14.8 Å². The molecule has 0 saturated heterocycles. The Hall–Kier alpha value is -3.59. The first kappa shape index (κ1) is 22.1. The van der Waals surface area contributed by atoms with Crippen LogP contribution in [0, 0.1) is 13.8 Å².